The first-order valence-electron chi connectivity index (χ1n) is 5.49. The molecule has 0 aromatic heterocycles. The van der Waals surface area contributed by atoms with Gasteiger partial charge in [-0.05, 0) is 43.1 Å². The molecular formula is C13H19ClN2. The predicted molar refractivity (Wildman–Crippen MR) is 70.8 cm³/mol. The molecule has 3 heteroatoms. The van der Waals surface area contributed by atoms with Crippen LogP contribution in [-0.4, -0.2) is 13.1 Å². The molecule has 0 amide bonds. The summed E-state index contributed by atoms with van der Waals surface area (Å²) in [6.45, 7) is 7.23. The van der Waals surface area contributed by atoms with Crippen molar-refractivity contribution >= 4 is 11.6 Å². The lowest BCUT2D eigenvalue weighted by atomic mass is 10.0. The van der Waals surface area contributed by atoms with Crippen LogP contribution in [0.4, 0.5) is 0 Å². The summed E-state index contributed by atoms with van der Waals surface area (Å²) in [7, 11) is 0. The highest BCUT2D eigenvalue weighted by Gasteiger charge is 2.10. The maximum Gasteiger partial charge on any atom is 0.0447 e. The summed E-state index contributed by atoms with van der Waals surface area (Å²) >= 11 is 5.93. The van der Waals surface area contributed by atoms with Crippen molar-refractivity contribution in [1.29, 1.82) is 0 Å². The summed E-state index contributed by atoms with van der Waals surface area (Å²) in [5.74, 6) is 0. The highest BCUT2D eigenvalue weighted by molar-refractivity contribution is 6.30. The molecule has 0 radical (unpaired) electrons. The summed E-state index contributed by atoms with van der Waals surface area (Å²) < 4.78 is 0. The van der Waals surface area contributed by atoms with Crippen LogP contribution in [0.25, 0.3) is 0 Å². The number of hydrogen-bond donors (Lipinski definition) is 2. The van der Waals surface area contributed by atoms with Crippen molar-refractivity contribution in [3.63, 3.8) is 0 Å². The van der Waals surface area contributed by atoms with Crippen LogP contribution in [0.1, 0.15) is 23.6 Å². The molecule has 0 aliphatic heterocycles. The molecular weight excluding hydrogens is 220 g/mol. The van der Waals surface area contributed by atoms with E-state index in [0.717, 1.165) is 18.0 Å². The maximum atomic E-state index is 5.93. The zero-order valence-electron chi connectivity index (χ0n) is 9.67. The molecule has 0 bridgehead atoms. The fraction of sp³-hybridized carbons (Fsp3) is 0.385. The Labute approximate surface area is 102 Å². The van der Waals surface area contributed by atoms with Gasteiger partial charge in [-0.25, -0.2) is 0 Å². The van der Waals surface area contributed by atoms with E-state index in [2.05, 4.69) is 18.8 Å². The van der Waals surface area contributed by atoms with E-state index in [-0.39, 0.29) is 6.04 Å². The predicted octanol–water partition coefficient (Wildman–Crippen LogP) is 2.81. The molecule has 1 rings (SSSR count). The van der Waals surface area contributed by atoms with E-state index in [1.54, 1.807) is 0 Å². The molecule has 0 saturated carbocycles. The number of rotatable bonds is 6. The average molecular weight is 239 g/mol. The molecule has 3 N–H and O–H groups in total. The second kappa shape index (κ2) is 6.69. The van der Waals surface area contributed by atoms with Crippen molar-refractivity contribution in [3.05, 3.63) is 47.0 Å². The fourth-order valence-electron chi connectivity index (χ4n) is 1.71. The van der Waals surface area contributed by atoms with E-state index in [1.165, 1.54) is 11.1 Å². The number of nitrogens with one attached hydrogen (secondary N) is 1. The zero-order chi connectivity index (χ0) is 12.0. The van der Waals surface area contributed by atoms with Crippen LogP contribution in [0.3, 0.4) is 0 Å². The van der Waals surface area contributed by atoms with Crippen LogP contribution in [0, 0.1) is 6.92 Å². The smallest absolute Gasteiger partial charge is 0.0447 e. The Hall–Kier alpha value is -0.830. The molecule has 2 nitrogen and oxygen atoms in total. The van der Waals surface area contributed by atoms with Crippen molar-refractivity contribution in [2.75, 3.05) is 13.1 Å². The number of nitrogens with two attached hydrogens (primary N) is 1. The van der Waals surface area contributed by atoms with Gasteiger partial charge in [-0.3, -0.25) is 0 Å². The van der Waals surface area contributed by atoms with Gasteiger partial charge in [0.1, 0.15) is 0 Å². The molecule has 1 aromatic carbocycles. The third-order valence-corrected chi connectivity index (χ3v) is 2.82. The van der Waals surface area contributed by atoms with E-state index in [4.69, 9.17) is 17.3 Å². The highest BCUT2D eigenvalue weighted by atomic mass is 35.5. The Morgan fingerprint density at radius 3 is 2.88 bits per heavy atom. The summed E-state index contributed by atoms with van der Waals surface area (Å²) in [6.07, 6.45) is 2.85. The molecule has 1 unspecified atom stereocenters. The first-order valence-corrected chi connectivity index (χ1v) is 5.87. The molecule has 0 saturated heterocycles. The number of benzene rings is 1. The Morgan fingerprint density at radius 2 is 2.31 bits per heavy atom. The van der Waals surface area contributed by atoms with Crippen LogP contribution >= 0.6 is 11.6 Å². The Balaban J connectivity index is 2.74. The van der Waals surface area contributed by atoms with Gasteiger partial charge in [0.15, 0.2) is 0 Å². The zero-order valence-corrected chi connectivity index (χ0v) is 10.4. The maximum absolute atomic E-state index is 5.93. The number of halogens is 1. The standard InChI is InChI=1S/C13H19ClN2/c1-3-4-7-16-13(9-15)12-6-5-11(14)8-10(12)2/h3,5-6,8,13,16H,1,4,7,9,15H2,2H3. The van der Waals surface area contributed by atoms with E-state index in [1.807, 2.05) is 24.3 Å². The van der Waals surface area contributed by atoms with E-state index >= 15 is 0 Å². The highest BCUT2D eigenvalue weighted by Crippen LogP contribution is 2.20. The summed E-state index contributed by atoms with van der Waals surface area (Å²) in [5.41, 5.74) is 8.17. The topological polar surface area (TPSA) is 38.0 Å². The Bertz CT molecular complexity index is 350. The first-order chi connectivity index (χ1) is 7.69. The third kappa shape index (κ3) is 3.63. The van der Waals surface area contributed by atoms with Gasteiger partial charge in [0.2, 0.25) is 0 Å². The lowest BCUT2D eigenvalue weighted by Gasteiger charge is -2.19. The van der Waals surface area contributed by atoms with Crippen LogP contribution in [0.15, 0.2) is 30.9 Å². The van der Waals surface area contributed by atoms with Gasteiger partial charge in [0, 0.05) is 17.6 Å². The van der Waals surface area contributed by atoms with Crippen molar-refractivity contribution in [2.45, 2.75) is 19.4 Å². The van der Waals surface area contributed by atoms with E-state index < -0.39 is 0 Å². The van der Waals surface area contributed by atoms with Crippen molar-refractivity contribution < 1.29 is 0 Å². The Kier molecular flexibility index (Phi) is 5.53. The molecule has 1 atom stereocenters. The van der Waals surface area contributed by atoms with Gasteiger partial charge in [-0.2, -0.15) is 0 Å². The Morgan fingerprint density at radius 1 is 1.56 bits per heavy atom. The monoisotopic (exact) mass is 238 g/mol. The van der Waals surface area contributed by atoms with Gasteiger partial charge in [-0.15, -0.1) is 6.58 Å². The summed E-state index contributed by atoms with van der Waals surface area (Å²) in [4.78, 5) is 0. The van der Waals surface area contributed by atoms with Gasteiger partial charge >= 0.3 is 0 Å². The molecule has 1 aromatic rings. The van der Waals surface area contributed by atoms with Crippen LogP contribution in [0.2, 0.25) is 5.02 Å². The average Bonchev–Trinajstić information content (AvgIpc) is 2.26. The normalized spacial score (nSPS) is 12.4. The lowest BCUT2D eigenvalue weighted by Crippen LogP contribution is -2.29. The van der Waals surface area contributed by atoms with Crippen LogP contribution in [-0.2, 0) is 0 Å². The minimum atomic E-state index is 0.192. The largest absolute Gasteiger partial charge is 0.329 e. The van der Waals surface area contributed by atoms with E-state index in [0.29, 0.717) is 6.54 Å². The van der Waals surface area contributed by atoms with Crippen molar-refractivity contribution in [1.82, 2.24) is 5.32 Å². The van der Waals surface area contributed by atoms with E-state index in [9.17, 15) is 0 Å². The molecule has 0 aliphatic carbocycles. The third-order valence-electron chi connectivity index (χ3n) is 2.58. The van der Waals surface area contributed by atoms with Gasteiger partial charge in [-0.1, -0.05) is 23.7 Å². The molecule has 88 valence electrons. The first kappa shape index (κ1) is 13.2. The second-order valence-corrected chi connectivity index (χ2v) is 4.26. The van der Waals surface area contributed by atoms with Crippen LogP contribution < -0.4 is 11.1 Å². The molecule has 16 heavy (non-hydrogen) atoms. The minimum absolute atomic E-state index is 0.192. The second-order valence-electron chi connectivity index (χ2n) is 3.82. The van der Waals surface area contributed by atoms with Crippen molar-refractivity contribution in [3.8, 4) is 0 Å². The van der Waals surface area contributed by atoms with Gasteiger partial charge < -0.3 is 11.1 Å². The minimum Gasteiger partial charge on any atom is -0.329 e. The number of hydrogen-bond acceptors (Lipinski definition) is 2. The molecule has 0 aliphatic rings. The van der Waals surface area contributed by atoms with Gasteiger partial charge in [0.05, 0.1) is 0 Å². The molecule has 0 fully saturated rings. The van der Waals surface area contributed by atoms with Crippen molar-refractivity contribution in [2.24, 2.45) is 5.73 Å². The SMILES string of the molecule is C=CCCNC(CN)c1ccc(Cl)cc1C. The summed E-state index contributed by atoms with van der Waals surface area (Å²) in [5, 5.41) is 4.17. The summed E-state index contributed by atoms with van der Waals surface area (Å²) in [6, 6.07) is 6.10. The molecule has 0 spiro atoms. The van der Waals surface area contributed by atoms with Crippen LogP contribution in [0.5, 0.6) is 0 Å². The fourth-order valence-corrected chi connectivity index (χ4v) is 1.94. The lowest BCUT2D eigenvalue weighted by molar-refractivity contribution is 0.546. The quantitative estimate of drug-likeness (QED) is 0.591. The molecule has 0 heterocycles. The number of aryl methyl sites for hydroxylation is 1. The van der Waals surface area contributed by atoms with Gasteiger partial charge in [0.25, 0.3) is 0 Å².